The molecule has 0 saturated carbocycles. The lowest BCUT2D eigenvalue weighted by Gasteiger charge is -2.28. The molecule has 2 amide bonds. The van der Waals surface area contributed by atoms with E-state index < -0.39 is 29.2 Å². The van der Waals surface area contributed by atoms with Crippen molar-refractivity contribution in [3.8, 4) is 0 Å². The molecule has 1 unspecified atom stereocenters. The number of benzene rings is 2. The first kappa shape index (κ1) is 30.8. The Balaban J connectivity index is 0.00000544. The lowest BCUT2D eigenvalue weighted by atomic mass is 9.81. The molecule has 0 aromatic heterocycles. The number of amides is 2. The predicted molar refractivity (Wildman–Crippen MR) is 135 cm³/mol. The molecule has 12 heteroatoms. The molecule has 0 aliphatic rings. The molecule has 0 saturated heterocycles. The third-order valence-corrected chi connectivity index (χ3v) is 4.91. The van der Waals surface area contributed by atoms with Gasteiger partial charge in [0.15, 0.2) is 17.3 Å². The van der Waals surface area contributed by atoms with Gasteiger partial charge in [-0.25, -0.2) is 0 Å². The Morgan fingerprint density at radius 2 is 1.56 bits per heavy atom. The van der Waals surface area contributed by atoms with Crippen molar-refractivity contribution >= 4 is 48.4 Å². The second-order valence-electron chi connectivity index (χ2n) is 7.12. The molecule has 2 rings (SSSR count). The van der Waals surface area contributed by atoms with Crippen molar-refractivity contribution in [1.82, 2.24) is 5.32 Å². The van der Waals surface area contributed by atoms with Crippen molar-refractivity contribution < 1.29 is 19.5 Å². The van der Waals surface area contributed by atoms with Crippen LogP contribution in [0.4, 0.5) is 0 Å². The maximum absolute atomic E-state index is 13.4. The van der Waals surface area contributed by atoms with Crippen LogP contribution in [0.5, 0.6) is 0 Å². The Bertz CT molecular complexity index is 1000. The zero-order valence-electron chi connectivity index (χ0n) is 18.3. The Kier molecular flexibility index (Phi) is 12.8. The van der Waals surface area contributed by atoms with Gasteiger partial charge >= 0.3 is 0 Å². The molecule has 0 spiro atoms. The number of carbonyl (C=O) groups excluding carboxylic acids is 3. The van der Waals surface area contributed by atoms with E-state index in [1.807, 2.05) is 0 Å². The van der Waals surface area contributed by atoms with Crippen LogP contribution >= 0.6 is 24.8 Å². The SMILES string of the molecule is Cl.Cl.NCC(=O)N[C@@H](CCCN=C(N)N)C(=O)c1ccccc1C(O)(C(N)=O)c1ccccc1. The number of aliphatic imine (C=N–C) groups is 1. The van der Waals surface area contributed by atoms with Crippen LogP contribution in [0.25, 0.3) is 0 Å². The first-order chi connectivity index (χ1) is 15.2. The number of nitrogens with zero attached hydrogens (tertiary/aromatic N) is 1. The normalized spacial score (nSPS) is 12.6. The molecule has 0 radical (unpaired) electrons. The first-order valence-electron chi connectivity index (χ1n) is 9.98. The minimum Gasteiger partial charge on any atom is -0.372 e. The number of hydrogen-bond donors (Lipinski definition) is 6. The van der Waals surface area contributed by atoms with E-state index in [-0.39, 0.29) is 67.0 Å². The molecular formula is C22H30Cl2N6O4. The van der Waals surface area contributed by atoms with E-state index >= 15 is 0 Å². The van der Waals surface area contributed by atoms with Crippen LogP contribution in [-0.2, 0) is 15.2 Å². The number of hydrogen-bond acceptors (Lipinski definition) is 6. The highest BCUT2D eigenvalue weighted by Gasteiger charge is 2.41. The van der Waals surface area contributed by atoms with E-state index in [0.717, 1.165) is 0 Å². The van der Waals surface area contributed by atoms with Crippen LogP contribution in [0.3, 0.4) is 0 Å². The van der Waals surface area contributed by atoms with Crippen molar-refractivity contribution in [2.75, 3.05) is 13.1 Å². The van der Waals surface area contributed by atoms with Gasteiger partial charge in [0, 0.05) is 17.7 Å². The number of nitrogens with two attached hydrogens (primary N) is 4. The van der Waals surface area contributed by atoms with E-state index in [2.05, 4.69) is 10.3 Å². The van der Waals surface area contributed by atoms with Gasteiger partial charge in [0.2, 0.25) is 5.91 Å². The van der Waals surface area contributed by atoms with Gasteiger partial charge in [0.1, 0.15) is 0 Å². The molecule has 0 heterocycles. The third-order valence-electron chi connectivity index (χ3n) is 4.91. The zero-order chi connectivity index (χ0) is 23.7. The molecule has 0 bridgehead atoms. The van der Waals surface area contributed by atoms with E-state index in [1.165, 1.54) is 24.3 Å². The predicted octanol–water partition coefficient (Wildman–Crippen LogP) is -0.0688. The molecule has 0 aliphatic carbocycles. The molecule has 10 N–H and O–H groups in total. The molecule has 2 atom stereocenters. The molecule has 10 nitrogen and oxygen atoms in total. The highest BCUT2D eigenvalue weighted by molar-refractivity contribution is 6.05. The van der Waals surface area contributed by atoms with Gasteiger partial charge in [-0.05, 0) is 18.4 Å². The Morgan fingerprint density at radius 1 is 0.971 bits per heavy atom. The highest BCUT2D eigenvalue weighted by atomic mass is 35.5. The maximum Gasteiger partial charge on any atom is 0.258 e. The van der Waals surface area contributed by atoms with Gasteiger partial charge in [-0.15, -0.1) is 24.8 Å². The second-order valence-corrected chi connectivity index (χ2v) is 7.12. The molecule has 0 fully saturated rings. The number of guanidine groups is 1. The number of halogens is 2. The van der Waals surface area contributed by atoms with Crippen LogP contribution in [0, 0.1) is 0 Å². The summed E-state index contributed by atoms with van der Waals surface area (Å²) in [6.45, 7) is -0.0595. The zero-order valence-corrected chi connectivity index (χ0v) is 20.0. The summed E-state index contributed by atoms with van der Waals surface area (Å²) >= 11 is 0. The number of ketones is 1. The van der Waals surface area contributed by atoms with Gasteiger partial charge in [0.25, 0.3) is 5.91 Å². The van der Waals surface area contributed by atoms with E-state index in [1.54, 1.807) is 30.3 Å². The Hall–Kier alpha value is -3.18. The van der Waals surface area contributed by atoms with Crippen LogP contribution < -0.4 is 28.3 Å². The molecular weight excluding hydrogens is 483 g/mol. The molecule has 186 valence electrons. The van der Waals surface area contributed by atoms with Gasteiger partial charge in [0.05, 0.1) is 12.6 Å². The number of Topliss-reactive ketones (excluding diaryl/α,β-unsaturated/α-hetero) is 1. The summed E-state index contributed by atoms with van der Waals surface area (Å²) in [5.41, 5.74) is 19.6. The van der Waals surface area contributed by atoms with E-state index in [0.29, 0.717) is 6.42 Å². The van der Waals surface area contributed by atoms with E-state index in [9.17, 15) is 19.5 Å². The average Bonchev–Trinajstić information content (AvgIpc) is 2.80. The second kappa shape index (κ2) is 14.2. The van der Waals surface area contributed by atoms with Gasteiger partial charge in [-0.1, -0.05) is 54.6 Å². The van der Waals surface area contributed by atoms with Crippen molar-refractivity contribution in [2.24, 2.45) is 27.9 Å². The quantitative estimate of drug-likeness (QED) is 0.104. The Labute approximate surface area is 210 Å². The number of primary amides is 1. The molecule has 34 heavy (non-hydrogen) atoms. The molecule has 2 aromatic carbocycles. The van der Waals surface area contributed by atoms with Gasteiger partial charge in [-0.3, -0.25) is 19.4 Å². The minimum atomic E-state index is -2.26. The number of aliphatic hydroxyl groups is 1. The third kappa shape index (κ3) is 7.42. The van der Waals surface area contributed by atoms with Crippen molar-refractivity contribution in [1.29, 1.82) is 0 Å². The standard InChI is InChI=1S/C22H28N6O4.2ClH/c23-13-18(29)28-17(11-6-12-27-21(25)26)19(30)15-9-4-5-10-16(15)22(32,20(24)31)14-7-2-1-3-8-14;;/h1-5,7-10,17,32H,6,11-13,23H2,(H2,24,31)(H,28,29)(H4,25,26,27);2*1H/t17-,22?;;/m0../s1. The number of rotatable bonds is 11. The van der Waals surface area contributed by atoms with Gasteiger partial charge in [-0.2, -0.15) is 0 Å². The largest absolute Gasteiger partial charge is 0.372 e. The maximum atomic E-state index is 13.4. The summed E-state index contributed by atoms with van der Waals surface area (Å²) in [4.78, 5) is 41.6. The monoisotopic (exact) mass is 512 g/mol. The lowest BCUT2D eigenvalue weighted by Crippen LogP contribution is -2.46. The number of carbonyl (C=O) groups is 3. The number of nitrogens with one attached hydrogen (secondary N) is 1. The first-order valence-corrected chi connectivity index (χ1v) is 9.98. The lowest BCUT2D eigenvalue weighted by molar-refractivity contribution is -0.133. The topological polar surface area (TPSA) is 200 Å². The Morgan fingerprint density at radius 3 is 2.12 bits per heavy atom. The summed E-state index contributed by atoms with van der Waals surface area (Å²) in [5, 5.41) is 13.9. The van der Waals surface area contributed by atoms with Crippen molar-refractivity contribution in [2.45, 2.75) is 24.5 Å². The minimum absolute atomic E-state index is 0. The summed E-state index contributed by atoms with van der Waals surface area (Å²) in [6, 6.07) is 13.2. The summed E-state index contributed by atoms with van der Waals surface area (Å²) in [6.07, 6.45) is 0.593. The van der Waals surface area contributed by atoms with Crippen LogP contribution in [0.2, 0.25) is 0 Å². The summed E-state index contributed by atoms with van der Waals surface area (Å²) in [7, 11) is 0. The summed E-state index contributed by atoms with van der Waals surface area (Å²) < 4.78 is 0. The molecule has 2 aromatic rings. The fourth-order valence-electron chi connectivity index (χ4n) is 3.34. The van der Waals surface area contributed by atoms with Crippen molar-refractivity contribution in [3.05, 3.63) is 71.3 Å². The van der Waals surface area contributed by atoms with Gasteiger partial charge < -0.3 is 33.4 Å². The van der Waals surface area contributed by atoms with E-state index in [4.69, 9.17) is 22.9 Å². The smallest absolute Gasteiger partial charge is 0.258 e. The van der Waals surface area contributed by atoms with Crippen LogP contribution in [0.15, 0.2) is 59.6 Å². The summed E-state index contributed by atoms with van der Waals surface area (Å²) in [5.74, 6) is -2.17. The van der Waals surface area contributed by atoms with Crippen LogP contribution in [0.1, 0.15) is 34.3 Å². The average molecular weight is 513 g/mol. The fourth-order valence-corrected chi connectivity index (χ4v) is 3.34. The highest BCUT2D eigenvalue weighted by Crippen LogP contribution is 2.32. The van der Waals surface area contributed by atoms with Crippen molar-refractivity contribution in [3.63, 3.8) is 0 Å². The molecule has 0 aliphatic heterocycles. The fraction of sp³-hybridized carbons (Fsp3) is 0.273. The van der Waals surface area contributed by atoms with Crippen LogP contribution in [-0.4, -0.2) is 47.8 Å².